The molecule has 1 atom stereocenters. The van der Waals surface area contributed by atoms with Crippen LogP contribution in [0.25, 0.3) is 0 Å². The second-order valence-electron chi connectivity index (χ2n) is 7.26. The fourth-order valence-electron chi connectivity index (χ4n) is 3.79. The molecule has 2 fully saturated rings. The van der Waals surface area contributed by atoms with Gasteiger partial charge >= 0.3 is 0 Å². The summed E-state index contributed by atoms with van der Waals surface area (Å²) in [4.78, 5) is 29.7. The van der Waals surface area contributed by atoms with E-state index in [0.29, 0.717) is 24.6 Å². The second kappa shape index (κ2) is 9.13. The molecule has 0 unspecified atom stereocenters. The first kappa shape index (κ1) is 20.2. The zero-order valence-corrected chi connectivity index (χ0v) is 18.1. The number of anilines is 2. The highest BCUT2D eigenvalue weighted by Gasteiger charge is 2.34. The third kappa shape index (κ3) is 4.56. The van der Waals surface area contributed by atoms with Crippen LogP contribution in [-0.2, 0) is 16.0 Å². The van der Waals surface area contributed by atoms with E-state index in [0.717, 1.165) is 37.4 Å². The summed E-state index contributed by atoms with van der Waals surface area (Å²) in [6, 6.07) is 8.23. The highest BCUT2D eigenvalue weighted by molar-refractivity contribution is 7.98. The summed E-state index contributed by atoms with van der Waals surface area (Å²) in [6.07, 6.45) is 6.07. The number of aromatic nitrogens is 2. The lowest BCUT2D eigenvalue weighted by Crippen LogP contribution is -2.44. The fourth-order valence-corrected chi connectivity index (χ4v) is 5.17. The van der Waals surface area contributed by atoms with Gasteiger partial charge in [0.05, 0.1) is 0 Å². The second-order valence-corrected chi connectivity index (χ2v) is 9.07. The molecule has 0 spiro atoms. The summed E-state index contributed by atoms with van der Waals surface area (Å²) in [6.45, 7) is 2.11. The maximum atomic E-state index is 12.8. The minimum atomic E-state index is -0.219. The van der Waals surface area contributed by atoms with Gasteiger partial charge in [-0.25, -0.2) is 0 Å². The van der Waals surface area contributed by atoms with Crippen LogP contribution in [-0.4, -0.2) is 53.9 Å². The maximum absolute atomic E-state index is 12.8. The van der Waals surface area contributed by atoms with E-state index < -0.39 is 0 Å². The third-order valence-electron chi connectivity index (χ3n) is 5.38. The van der Waals surface area contributed by atoms with Crippen molar-refractivity contribution >= 4 is 45.2 Å². The SMILES string of the molecule is CSc1ccc(CCNC(=O)[C@@H]2CCCN2c2nnc(N3CCCC3=O)s2)cc1. The first-order valence-electron chi connectivity index (χ1n) is 9.97. The van der Waals surface area contributed by atoms with Gasteiger partial charge in [0.15, 0.2) is 0 Å². The Bertz CT molecular complexity index is 870. The van der Waals surface area contributed by atoms with Crippen molar-refractivity contribution in [2.24, 2.45) is 0 Å². The Kier molecular flexibility index (Phi) is 6.34. The largest absolute Gasteiger partial charge is 0.354 e. The molecule has 29 heavy (non-hydrogen) atoms. The molecule has 2 aromatic rings. The summed E-state index contributed by atoms with van der Waals surface area (Å²) in [5.41, 5.74) is 1.22. The van der Waals surface area contributed by atoms with Crippen LogP contribution >= 0.6 is 23.1 Å². The van der Waals surface area contributed by atoms with E-state index in [1.165, 1.54) is 21.8 Å². The zero-order chi connectivity index (χ0) is 20.2. The van der Waals surface area contributed by atoms with Gasteiger partial charge < -0.3 is 10.2 Å². The van der Waals surface area contributed by atoms with Crippen molar-refractivity contribution in [1.82, 2.24) is 15.5 Å². The lowest BCUT2D eigenvalue weighted by Gasteiger charge is -2.22. The Morgan fingerprint density at radius 3 is 2.72 bits per heavy atom. The molecule has 2 aliphatic heterocycles. The van der Waals surface area contributed by atoms with Crippen LogP contribution < -0.4 is 15.1 Å². The Morgan fingerprint density at radius 1 is 1.21 bits per heavy atom. The van der Waals surface area contributed by atoms with Crippen LogP contribution in [0.2, 0.25) is 0 Å². The summed E-state index contributed by atoms with van der Waals surface area (Å²) >= 11 is 3.13. The molecule has 3 heterocycles. The Morgan fingerprint density at radius 2 is 2.00 bits per heavy atom. The molecule has 0 aliphatic carbocycles. The number of hydrogen-bond donors (Lipinski definition) is 1. The fraction of sp³-hybridized carbons (Fsp3) is 0.500. The standard InChI is InChI=1S/C20H25N5O2S2/c1-28-15-8-6-14(7-9-15)10-11-21-18(27)16-4-2-12-24(16)19-22-23-20(29-19)25-13-3-5-17(25)26/h6-9,16H,2-5,10-13H2,1H3,(H,21,27)/t16-/m0/s1. The topological polar surface area (TPSA) is 78.4 Å². The monoisotopic (exact) mass is 431 g/mol. The van der Waals surface area contributed by atoms with Crippen molar-refractivity contribution in [2.45, 2.75) is 43.0 Å². The van der Waals surface area contributed by atoms with Crippen LogP contribution in [0.3, 0.4) is 0 Å². The number of carbonyl (C=O) groups excluding carboxylic acids is 2. The highest BCUT2D eigenvalue weighted by atomic mass is 32.2. The molecule has 2 aliphatic rings. The van der Waals surface area contributed by atoms with Crippen LogP contribution in [0.4, 0.5) is 10.3 Å². The molecule has 4 rings (SSSR count). The molecule has 0 bridgehead atoms. The molecule has 7 nitrogen and oxygen atoms in total. The summed E-state index contributed by atoms with van der Waals surface area (Å²) in [5, 5.41) is 12.9. The molecular weight excluding hydrogens is 406 g/mol. The van der Waals surface area contributed by atoms with E-state index in [4.69, 9.17) is 0 Å². The lowest BCUT2D eigenvalue weighted by atomic mass is 10.1. The molecule has 1 N–H and O–H groups in total. The number of rotatable bonds is 7. The smallest absolute Gasteiger partial charge is 0.242 e. The molecule has 2 amide bonds. The van der Waals surface area contributed by atoms with Gasteiger partial charge in [0, 0.05) is 31.0 Å². The van der Waals surface area contributed by atoms with Crippen LogP contribution in [0.5, 0.6) is 0 Å². The summed E-state index contributed by atoms with van der Waals surface area (Å²) in [7, 11) is 0. The minimum Gasteiger partial charge on any atom is -0.354 e. The van der Waals surface area contributed by atoms with Gasteiger partial charge in [-0.2, -0.15) is 0 Å². The number of carbonyl (C=O) groups is 2. The molecule has 1 aromatic heterocycles. The number of benzene rings is 1. The summed E-state index contributed by atoms with van der Waals surface area (Å²) < 4.78 is 0. The molecule has 1 aromatic carbocycles. The number of nitrogens with one attached hydrogen (secondary N) is 1. The number of nitrogens with zero attached hydrogens (tertiary/aromatic N) is 4. The summed E-state index contributed by atoms with van der Waals surface area (Å²) in [5.74, 6) is 0.145. The average molecular weight is 432 g/mol. The van der Waals surface area contributed by atoms with Gasteiger partial charge in [0.25, 0.3) is 0 Å². The van der Waals surface area contributed by atoms with Crippen molar-refractivity contribution in [3.63, 3.8) is 0 Å². The van der Waals surface area contributed by atoms with Crippen LogP contribution in [0.15, 0.2) is 29.2 Å². The number of hydrogen-bond acceptors (Lipinski definition) is 7. The van der Waals surface area contributed by atoms with Gasteiger partial charge in [0.2, 0.25) is 22.1 Å². The van der Waals surface area contributed by atoms with Gasteiger partial charge in [-0.3, -0.25) is 14.5 Å². The third-order valence-corrected chi connectivity index (χ3v) is 7.11. The number of amides is 2. The first-order chi connectivity index (χ1) is 14.2. The van der Waals surface area contributed by atoms with Gasteiger partial charge in [-0.15, -0.1) is 22.0 Å². The van der Waals surface area contributed by atoms with E-state index >= 15 is 0 Å². The zero-order valence-electron chi connectivity index (χ0n) is 16.5. The van der Waals surface area contributed by atoms with E-state index in [1.807, 2.05) is 4.90 Å². The molecule has 0 saturated carbocycles. The molecule has 154 valence electrons. The van der Waals surface area contributed by atoms with Crippen molar-refractivity contribution in [2.75, 3.05) is 35.7 Å². The molecule has 9 heteroatoms. The van der Waals surface area contributed by atoms with Gasteiger partial charge in [-0.05, 0) is 49.6 Å². The van der Waals surface area contributed by atoms with Crippen molar-refractivity contribution in [3.8, 4) is 0 Å². The predicted molar refractivity (Wildman–Crippen MR) is 117 cm³/mol. The van der Waals surface area contributed by atoms with Crippen LogP contribution in [0.1, 0.15) is 31.2 Å². The number of thioether (sulfide) groups is 1. The lowest BCUT2D eigenvalue weighted by molar-refractivity contribution is -0.122. The van der Waals surface area contributed by atoms with Crippen molar-refractivity contribution < 1.29 is 9.59 Å². The van der Waals surface area contributed by atoms with E-state index in [9.17, 15) is 9.59 Å². The predicted octanol–water partition coefficient (Wildman–Crippen LogP) is 2.71. The molecule has 0 radical (unpaired) electrons. The molecule has 2 saturated heterocycles. The van der Waals surface area contributed by atoms with Gasteiger partial charge in [0.1, 0.15) is 6.04 Å². The van der Waals surface area contributed by atoms with Gasteiger partial charge in [-0.1, -0.05) is 23.5 Å². The Balaban J connectivity index is 1.33. The molecular formula is C20H25N5O2S2. The van der Waals surface area contributed by atoms with Crippen molar-refractivity contribution in [3.05, 3.63) is 29.8 Å². The minimum absolute atomic E-state index is 0.0391. The van der Waals surface area contributed by atoms with E-state index in [1.54, 1.807) is 16.7 Å². The first-order valence-corrected chi connectivity index (χ1v) is 12.0. The quantitative estimate of drug-likeness (QED) is 0.679. The normalized spacial score (nSPS) is 19.2. The van der Waals surface area contributed by atoms with Crippen LogP contribution in [0, 0.1) is 0 Å². The Labute approximate surface area is 178 Å². The maximum Gasteiger partial charge on any atom is 0.242 e. The Hall–Kier alpha value is -2.13. The van der Waals surface area contributed by atoms with E-state index in [-0.39, 0.29) is 17.9 Å². The van der Waals surface area contributed by atoms with E-state index in [2.05, 4.69) is 46.0 Å². The van der Waals surface area contributed by atoms with Crippen molar-refractivity contribution in [1.29, 1.82) is 0 Å². The average Bonchev–Trinajstić information content (AvgIpc) is 3.48. The highest BCUT2D eigenvalue weighted by Crippen LogP contribution is 2.33.